The summed E-state index contributed by atoms with van der Waals surface area (Å²) in [6, 6.07) is 22.8. The van der Waals surface area contributed by atoms with Gasteiger partial charge in [0.25, 0.3) is 0 Å². The van der Waals surface area contributed by atoms with Gasteiger partial charge in [-0.3, -0.25) is 4.57 Å². The lowest BCUT2D eigenvalue weighted by Crippen LogP contribution is -2.01. The quantitative estimate of drug-likeness (QED) is 0.333. The van der Waals surface area contributed by atoms with Gasteiger partial charge in [0.15, 0.2) is 11.0 Å². The van der Waals surface area contributed by atoms with Crippen molar-refractivity contribution in [3.8, 4) is 17.1 Å². The van der Waals surface area contributed by atoms with Crippen molar-refractivity contribution in [2.75, 3.05) is 0 Å². The van der Waals surface area contributed by atoms with E-state index in [2.05, 4.69) is 78.0 Å². The summed E-state index contributed by atoms with van der Waals surface area (Å²) >= 11 is 7.78. The Morgan fingerprint density at radius 3 is 2.38 bits per heavy atom. The first-order valence-corrected chi connectivity index (χ1v) is 10.8. The van der Waals surface area contributed by atoms with Crippen LogP contribution in [0.15, 0.2) is 71.9 Å². The molecular weight excluding hydrogens is 398 g/mol. The van der Waals surface area contributed by atoms with Gasteiger partial charge in [-0.15, -0.1) is 10.2 Å². The molecule has 0 bridgehead atoms. The van der Waals surface area contributed by atoms with Gasteiger partial charge in [0, 0.05) is 16.3 Å². The van der Waals surface area contributed by atoms with Crippen molar-refractivity contribution in [3.05, 3.63) is 94.0 Å². The van der Waals surface area contributed by atoms with Crippen molar-refractivity contribution in [2.24, 2.45) is 0 Å². The maximum atomic E-state index is 6.08. The molecule has 1 aromatic heterocycles. The third-order valence-corrected chi connectivity index (χ3v) is 6.19. The number of nitrogens with zero attached hydrogens (tertiary/aromatic N) is 3. The monoisotopic (exact) mass is 419 g/mol. The van der Waals surface area contributed by atoms with Crippen molar-refractivity contribution in [1.29, 1.82) is 0 Å². The van der Waals surface area contributed by atoms with Crippen molar-refractivity contribution < 1.29 is 0 Å². The second-order valence-corrected chi connectivity index (χ2v) is 8.57. The Kier molecular flexibility index (Phi) is 5.74. The van der Waals surface area contributed by atoms with Crippen LogP contribution in [0, 0.1) is 20.8 Å². The van der Waals surface area contributed by atoms with Gasteiger partial charge in [0.05, 0.1) is 5.69 Å². The summed E-state index contributed by atoms with van der Waals surface area (Å²) in [4.78, 5) is 0. The number of thioether (sulfide) groups is 1. The van der Waals surface area contributed by atoms with Gasteiger partial charge in [-0.2, -0.15) is 0 Å². The highest BCUT2D eigenvalue weighted by Gasteiger charge is 2.17. The lowest BCUT2D eigenvalue weighted by atomic mass is 10.1. The molecule has 0 aliphatic heterocycles. The van der Waals surface area contributed by atoms with Gasteiger partial charge in [0.1, 0.15) is 0 Å². The molecule has 146 valence electrons. The Balaban J connectivity index is 1.76. The van der Waals surface area contributed by atoms with Crippen molar-refractivity contribution in [2.45, 2.75) is 31.7 Å². The zero-order valence-electron chi connectivity index (χ0n) is 16.7. The highest BCUT2D eigenvalue weighted by Crippen LogP contribution is 2.31. The molecule has 0 fully saturated rings. The number of hydrogen-bond acceptors (Lipinski definition) is 3. The minimum atomic E-state index is 0.708. The van der Waals surface area contributed by atoms with E-state index in [1.807, 2.05) is 24.3 Å². The maximum absolute atomic E-state index is 6.08. The summed E-state index contributed by atoms with van der Waals surface area (Å²) in [5.41, 5.74) is 7.10. The summed E-state index contributed by atoms with van der Waals surface area (Å²) in [6.45, 7) is 6.37. The topological polar surface area (TPSA) is 30.7 Å². The van der Waals surface area contributed by atoms with Crippen molar-refractivity contribution >= 4 is 23.4 Å². The SMILES string of the molecule is Cc1cccc(CSc2nnc(-c3ccc(Cl)cc3)n2-c2ccc(C)c(C)c2)c1. The summed E-state index contributed by atoms with van der Waals surface area (Å²) in [5, 5.41) is 10.6. The van der Waals surface area contributed by atoms with Crippen LogP contribution in [0.1, 0.15) is 22.3 Å². The molecule has 0 aliphatic rings. The third-order valence-electron chi connectivity index (χ3n) is 4.93. The molecule has 0 radical (unpaired) electrons. The van der Waals surface area contributed by atoms with E-state index in [0.717, 1.165) is 28.0 Å². The van der Waals surface area contributed by atoms with Gasteiger partial charge >= 0.3 is 0 Å². The molecule has 0 N–H and O–H groups in total. The van der Waals surface area contributed by atoms with Crippen molar-refractivity contribution in [1.82, 2.24) is 14.8 Å². The minimum Gasteiger partial charge on any atom is -0.270 e. The third kappa shape index (κ3) is 4.39. The molecule has 5 heteroatoms. The van der Waals surface area contributed by atoms with Crippen LogP contribution in [0.2, 0.25) is 5.02 Å². The molecule has 4 rings (SSSR count). The maximum Gasteiger partial charge on any atom is 0.196 e. The first-order valence-electron chi connectivity index (χ1n) is 9.48. The van der Waals surface area contributed by atoms with E-state index in [0.29, 0.717) is 5.02 Å². The Hall–Kier alpha value is -2.56. The standard InChI is InChI=1S/C24H22ClN3S/c1-16-5-4-6-19(13-16)15-29-24-27-26-23(20-8-10-21(25)11-9-20)28(24)22-12-7-17(2)18(3)14-22/h4-14H,15H2,1-3H3. The lowest BCUT2D eigenvalue weighted by molar-refractivity contribution is 0.884. The average Bonchev–Trinajstić information content (AvgIpc) is 3.13. The molecule has 4 aromatic rings. The fourth-order valence-corrected chi connectivity index (χ4v) is 4.22. The molecule has 1 heterocycles. The van der Waals surface area contributed by atoms with E-state index >= 15 is 0 Å². The summed E-state index contributed by atoms with van der Waals surface area (Å²) < 4.78 is 2.14. The van der Waals surface area contributed by atoms with Crippen LogP contribution in [0.25, 0.3) is 17.1 Å². The van der Waals surface area contributed by atoms with Crippen LogP contribution in [-0.2, 0) is 5.75 Å². The molecule has 0 atom stereocenters. The Morgan fingerprint density at radius 2 is 1.66 bits per heavy atom. The van der Waals surface area contributed by atoms with Crippen LogP contribution in [0.4, 0.5) is 0 Å². The zero-order valence-corrected chi connectivity index (χ0v) is 18.3. The Bertz CT molecular complexity index is 1150. The fraction of sp³-hybridized carbons (Fsp3) is 0.167. The van der Waals surface area contributed by atoms with Crippen LogP contribution in [0.3, 0.4) is 0 Å². The molecule has 0 unspecified atom stereocenters. The molecular formula is C24H22ClN3S. The molecule has 0 saturated carbocycles. The summed E-state index contributed by atoms with van der Waals surface area (Å²) in [5.74, 6) is 1.65. The first kappa shape index (κ1) is 19.7. The van der Waals surface area contributed by atoms with E-state index < -0.39 is 0 Å². The summed E-state index contributed by atoms with van der Waals surface area (Å²) in [6.07, 6.45) is 0. The second-order valence-electron chi connectivity index (χ2n) is 7.19. The highest BCUT2D eigenvalue weighted by atomic mass is 35.5. The number of aryl methyl sites for hydroxylation is 3. The summed E-state index contributed by atoms with van der Waals surface area (Å²) in [7, 11) is 0. The number of hydrogen-bond donors (Lipinski definition) is 0. The van der Waals surface area contributed by atoms with Crippen LogP contribution < -0.4 is 0 Å². The number of rotatable bonds is 5. The van der Waals surface area contributed by atoms with E-state index in [-0.39, 0.29) is 0 Å². The molecule has 0 aliphatic carbocycles. The van der Waals surface area contributed by atoms with E-state index in [1.165, 1.54) is 22.3 Å². The van der Waals surface area contributed by atoms with Crippen LogP contribution >= 0.6 is 23.4 Å². The molecule has 0 amide bonds. The van der Waals surface area contributed by atoms with E-state index in [1.54, 1.807) is 11.8 Å². The van der Waals surface area contributed by atoms with Gasteiger partial charge in [-0.05, 0) is 73.9 Å². The average molecular weight is 420 g/mol. The molecule has 3 nitrogen and oxygen atoms in total. The predicted octanol–water partition coefficient (Wildman–Crippen LogP) is 6.81. The molecule has 0 spiro atoms. The molecule has 3 aromatic carbocycles. The van der Waals surface area contributed by atoms with Crippen molar-refractivity contribution in [3.63, 3.8) is 0 Å². The molecule has 29 heavy (non-hydrogen) atoms. The van der Waals surface area contributed by atoms with Crippen LogP contribution in [0.5, 0.6) is 0 Å². The van der Waals surface area contributed by atoms with Gasteiger partial charge < -0.3 is 0 Å². The van der Waals surface area contributed by atoms with Crippen LogP contribution in [-0.4, -0.2) is 14.8 Å². The number of halogens is 1. The highest BCUT2D eigenvalue weighted by molar-refractivity contribution is 7.98. The fourth-order valence-electron chi connectivity index (χ4n) is 3.20. The van der Waals surface area contributed by atoms with E-state index in [9.17, 15) is 0 Å². The smallest absolute Gasteiger partial charge is 0.196 e. The predicted molar refractivity (Wildman–Crippen MR) is 122 cm³/mol. The first-order chi connectivity index (χ1) is 14.0. The zero-order chi connectivity index (χ0) is 20.4. The number of benzene rings is 3. The Labute approximate surface area is 180 Å². The second kappa shape index (κ2) is 8.44. The normalized spacial score (nSPS) is 11.0. The lowest BCUT2D eigenvalue weighted by Gasteiger charge is -2.12. The van der Waals surface area contributed by atoms with E-state index in [4.69, 9.17) is 11.6 Å². The largest absolute Gasteiger partial charge is 0.270 e. The Morgan fingerprint density at radius 1 is 0.862 bits per heavy atom. The van der Waals surface area contributed by atoms with Gasteiger partial charge in [0.2, 0.25) is 0 Å². The molecule has 0 saturated heterocycles. The van der Waals surface area contributed by atoms with Gasteiger partial charge in [-0.25, -0.2) is 0 Å². The number of aromatic nitrogens is 3. The van der Waals surface area contributed by atoms with Gasteiger partial charge in [-0.1, -0.05) is 59.3 Å². The minimum absolute atomic E-state index is 0.708.